The number of likely N-dealkylation sites (tertiary alicyclic amines) is 1. The van der Waals surface area contributed by atoms with E-state index >= 15 is 0 Å². The molecular weight excluding hydrogens is 319 g/mol. The SMILES string of the molecule is CCc1cc(=O)n2[nH]c(C3CCN(Cc4cccc(F)c4)C3)cc2n1. The number of aromatic nitrogens is 3. The normalized spacial score (nSPS) is 18.2. The molecule has 1 fully saturated rings. The van der Waals surface area contributed by atoms with E-state index in [0.29, 0.717) is 11.6 Å². The van der Waals surface area contributed by atoms with Crippen LogP contribution in [0.25, 0.3) is 5.65 Å². The molecule has 1 saturated heterocycles. The Morgan fingerprint density at radius 1 is 1.32 bits per heavy atom. The number of rotatable bonds is 4. The lowest BCUT2D eigenvalue weighted by Gasteiger charge is -2.15. The molecule has 3 heterocycles. The monoisotopic (exact) mass is 340 g/mol. The topological polar surface area (TPSA) is 53.4 Å². The maximum atomic E-state index is 13.3. The largest absolute Gasteiger partial charge is 0.298 e. The third-order valence-corrected chi connectivity index (χ3v) is 4.89. The lowest BCUT2D eigenvalue weighted by molar-refractivity contribution is 0.325. The predicted octanol–water partition coefficient (Wildman–Crippen LogP) is 2.71. The number of halogens is 1. The van der Waals surface area contributed by atoms with Gasteiger partial charge in [-0.2, -0.15) is 0 Å². The molecule has 6 heteroatoms. The van der Waals surface area contributed by atoms with E-state index in [1.807, 2.05) is 19.1 Å². The lowest BCUT2D eigenvalue weighted by atomic mass is 10.1. The van der Waals surface area contributed by atoms with E-state index in [0.717, 1.165) is 49.4 Å². The van der Waals surface area contributed by atoms with Crippen molar-refractivity contribution in [1.82, 2.24) is 19.5 Å². The Bertz CT molecular complexity index is 961. The number of aryl methyl sites for hydroxylation is 1. The van der Waals surface area contributed by atoms with E-state index in [1.54, 1.807) is 18.2 Å². The maximum Gasteiger partial charge on any atom is 0.272 e. The van der Waals surface area contributed by atoms with Gasteiger partial charge in [0.05, 0.1) is 0 Å². The van der Waals surface area contributed by atoms with Crippen LogP contribution in [0.2, 0.25) is 0 Å². The van der Waals surface area contributed by atoms with Gasteiger partial charge in [-0.05, 0) is 37.1 Å². The molecule has 1 atom stereocenters. The van der Waals surface area contributed by atoms with Gasteiger partial charge in [-0.1, -0.05) is 19.1 Å². The van der Waals surface area contributed by atoms with Crippen LogP contribution in [-0.4, -0.2) is 32.6 Å². The van der Waals surface area contributed by atoms with Crippen molar-refractivity contribution in [2.45, 2.75) is 32.2 Å². The maximum absolute atomic E-state index is 13.3. The summed E-state index contributed by atoms with van der Waals surface area (Å²) in [6.45, 7) is 4.58. The summed E-state index contributed by atoms with van der Waals surface area (Å²) in [6, 6.07) is 10.3. The number of nitrogens with one attached hydrogen (secondary N) is 1. The van der Waals surface area contributed by atoms with Crippen LogP contribution in [0.15, 0.2) is 41.2 Å². The Morgan fingerprint density at radius 2 is 2.20 bits per heavy atom. The molecule has 25 heavy (non-hydrogen) atoms. The zero-order valence-electron chi connectivity index (χ0n) is 14.2. The number of hydrogen-bond donors (Lipinski definition) is 1. The highest BCUT2D eigenvalue weighted by Gasteiger charge is 2.25. The lowest BCUT2D eigenvalue weighted by Crippen LogP contribution is -2.20. The van der Waals surface area contributed by atoms with Gasteiger partial charge in [0.2, 0.25) is 0 Å². The number of aromatic amines is 1. The van der Waals surface area contributed by atoms with Crippen LogP contribution < -0.4 is 5.56 Å². The van der Waals surface area contributed by atoms with Crippen molar-refractivity contribution in [3.05, 3.63) is 69.5 Å². The molecule has 3 aromatic rings. The Kier molecular flexibility index (Phi) is 4.13. The molecular formula is C19H21FN4O. The van der Waals surface area contributed by atoms with E-state index in [2.05, 4.69) is 15.0 Å². The minimum absolute atomic E-state index is 0.0669. The first-order valence-electron chi connectivity index (χ1n) is 8.71. The highest BCUT2D eigenvalue weighted by molar-refractivity contribution is 5.41. The summed E-state index contributed by atoms with van der Waals surface area (Å²) in [5.74, 6) is 0.140. The molecule has 1 aromatic carbocycles. The van der Waals surface area contributed by atoms with Crippen LogP contribution in [0, 0.1) is 5.82 Å². The van der Waals surface area contributed by atoms with E-state index in [9.17, 15) is 9.18 Å². The quantitative estimate of drug-likeness (QED) is 0.794. The van der Waals surface area contributed by atoms with Crippen LogP contribution in [0.1, 0.15) is 36.2 Å². The third-order valence-electron chi connectivity index (χ3n) is 4.89. The molecule has 5 nitrogen and oxygen atoms in total. The molecule has 1 N–H and O–H groups in total. The second kappa shape index (κ2) is 6.44. The fourth-order valence-corrected chi connectivity index (χ4v) is 3.57. The van der Waals surface area contributed by atoms with E-state index < -0.39 is 0 Å². The first kappa shape index (κ1) is 16.0. The van der Waals surface area contributed by atoms with Gasteiger partial charge in [-0.3, -0.25) is 14.8 Å². The summed E-state index contributed by atoms with van der Waals surface area (Å²) >= 11 is 0. The zero-order chi connectivity index (χ0) is 17.4. The van der Waals surface area contributed by atoms with Crippen molar-refractivity contribution in [2.75, 3.05) is 13.1 Å². The molecule has 130 valence electrons. The van der Waals surface area contributed by atoms with Crippen LogP contribution in [0.4, 0.5) is 4.39 Å². The van der Waals surface area contributed by atoms with Crippen molar-refractivity contribution in [1.29, 1.82) is 0 Å². The smallest absolute Gasteiger partial charge is 0.272 e. The summed E-state index contributed by atoms with van der Waals surface area (Å²) in [5.41, 5.74) is 3.46. The molecule has 1 aliphatic heterocycles. The number of benzene rings is 1. The summed E-state index contributed by atoms with van der Waals surface area (Å²) < 4.78 is 14.9. The van der Waals surface area contributed by atoms with E-state index in [1.165, 1.54) is 10.6 Å². The fourth-order valence-electron chi connectivity index (χ4n) is 3.57. The molecule has 0 bridgehead atoms. The second-order valence-electron chi connectivity index (χ2n) is 6.69. The summed E-state index contributed by atoms with van der Waals surface area (Å²) in [5, 5.41) is 3.21. The molecule has 0 saturated carbocycles. The van der Waals surface area contributed by atoms with Gasteiger partial charge in [0.15, 0.2) is 5.65 Å². The standard InChI is InChI=1S/C19H21FN4O/c1-2-16-9-19(25)24-18(21-16)10-17(22-24)14-6-7-23(12-14)11-13-4-3-5-15(20)8-13/h3-5,8-10,14,22H,2,6-7,11-12H2,1H3. The number of fused-ring (bicyclic) bond motifs is 1. The fraction of sp³-hybridized carbons (Fsp3) is 0.368. The van der Waals surface area contributed by atoms with Crippen LogP contribution in [0.5, 0.6) is 0 Å². The zero-order valence-corrected chi connectivity index (χ0v) is 14.2. The summed E-state index contributed by atoms with van der Waals surface area (Å²) in [7, 11) is 0. The average Bonchev–Trinajstić information content (AvgIpc) is 3.21. The first-order valence-corrected chi connectivity index (χ1v) is 8.71. The van der Waals surface area contributed by atoms with Gasteiger partial charge in [-0.15, -0.1) is 0 Å². The average molecular weight is 340 g/mol. The van der Waals surface area contributed by atoms with Crippen molar-refractivity contribution in [3.8, 4) is 0 Å². The highest BCUT2D eigenvalue weighted by Crippen LogP contribution is 2.27. The predicted molar refractivity (Wildman–Crippen MR) is 94.2 cm³/mol. The molecule has 0 spiro atoms. The minimum Gasteiger partial charge on any atom is -0.298 e. The van der Waals surface area contributed by atoms with E-state index in [4.69, 9.17) is 0 Å². The van der Waals surface area contributed by atoms with Crippen molar-refractivity contribution in [2.24, 2.45) is 0 Å². The summed E-state index contributed by atoms with van der Waals surface area (Å²) in [6.07, 6.45) is 1.76. The second-order valence-corrected chi connectivity index (χ2v) is 6.69. The molecule has 0 radical (unpaired) electrons. The van der Waals surface area contributed by atoms with E-state index in [-0.39, 0.29) is 11.4 Å². The van der Waals surface area contributed by atoms with Gasteiger partial charge < -0.3 is 0 Å². The number of H-pyrrole nitrogens is 1. The van der Waals surface area contributed by atoms with Gasteiger partial charge in [0.1, 0.15) is 5.82 Å². The van der Waals surface area contributed by atoms with Crippen LogP contribution in [-0.2, 0) is 13.0 Å². The Balaban J connectivity index is 1.52. The van der Waals surface area contributed by atoms with Crippen molar-refractivity contribution in [3.63, 3.8) is 0 Å². The molecule has 2 aromatic heterocycles. The van der Waals surface area contributed by atoms with Gasteiger partial charge in [0.25, 0.3) is 5.56 Å². The summed E-state index contributed by atoms with van der Waals surface area (Å²) in [4.78, 5) is 19.0. The Hall–Kier alpha value is -2.47. The minimum atomic E-state index is -0.193. The number of nitrogens with zero attached hydrogens (tertiary/aromatic N) is 3. The molecule has 0 aliphatic carbocycles. The molecule has 1 aliphatic rings. The Morgan fingerprint density at radius 3 is 3.00 bits per heavy atom. The highest BCUT2D eigenvalue weighted by atomic mass is 19.1. The van der Waals surface area contributed by atoms with Crippen LogP contribution >= 0.6 is 0 Å². The van der Waals surface area contributed by atoms with Crippen molar-refractivity contribution >= 4 is 5.65 Å². The molecule has 0 amide bonds. The van der Waals surface area contributed by atoms with Gasteiger partial charge in [0, 0.05) is 42.5 Å². The first-order chi connectivity index (χ1) is 12.1. The van der Waals surface area contributed by atoms with Crippen LogP contribution in [0.3, 0.4) is 0 Å². The molecule has 4 rings (SSSR count). The van der Waals surface area contributed by atoms with Gasteiger partial charge in [-0.25, -0.2) is 13.9 Å². The van der Waals surface area contributed by atoms with Crippen molar-refractivity contribution < 1.29 is 4.39 Å². The number of hydrogen-bond acceptors (Lipinski definition) is 3. The van der Waals surface area contributed by atoms with Gasteiger partial charge >= 0.3 is 0 Å². The third kappa shape index (κ3) is 3.22. The Labute approximate surface area is 145 Å². The molecule has 1 unspecified atom stereocenters.